The number of pyridine rings is 1. The first-order chi connectivity index (χ1) is 11.8. The third-order valence-corrected chi connectivity index (χ3v) is 4.50. The summed E-state index contributed by atoms with van der Waals surface area (Å²) >= 11 is 0. The number of hydrogen-bond donors (Lipinski definition) is 2. The minimum Gasteiger partial charge on any atom is -0.497 e. The molecule has 124 valence electrons. The van der Waals surface area contributed by atoms with Crippen molar-refractivity contribution in [3.63, 3.8) is 0 Å². The Balaban J connectivity index is 1.67. The first kappa shape index (κ1) is 15.0. The number of methoxy groups -OCH3 is 1. The van der Waals surface area contributed by atoms with Crippen molar-refractivity contribution in [2.45, 2.75) is 6.42 Å². The van der Waals surface area contributed by atoms with Crippen molar-refractivity contribution in [2.75, 3.05) is 38.2 Å². The van der Waals surface area contributed by atoms with Gasteiger partial charge in [0.1, 0.15) is 11.6 Å². The van der Waals surface area contributed by atoms with Crippen molar-refractivity contribution in [1.29, 1.82) is 0 Å². The number of rotatable bonds is 3. The molecule has 5 heteroatoms. The van der Waals surface area contributed by atoms with Gasteiger partial charge in [0.25, 0.3) is 0 Å². The van der Waals surface area contributed by atoms with Gasteiger partial charge in [-0.1, -0.05) is 6.07 Å². The van der Waals surface area contributed by atoms with Crippen LogP contribution in [0.1, 0.15) is 6.42 Å². The number of aromatic amines is 1. The highest BCUT2D eigenvalue weighted by molar-refractivity contribution is 5.86. The number of benzene rings is 1. The van der Waals surface area contributed by atoms with E-state index in [-0.39, 0.29) is 0 Å². The molecule has 1 saturated heterocycles. The summed E-state index contributed by atoms with van der Waals surface area (Å²) in [7, 11) is 1.69. The summed E-state index contributed by atoms with van der Waals surface area (Å²) in [6, 6.07) is 14.4. The predicted octanol–water partition coefficient (Wildman–Crippen LogP) is 3.04. The molecule has 5 nitrogen and oxygen atoms in total. The largest absolute Gasteiger partial charge is 0.497 e. The highest BCUT2D eigenvalue weighted by atomic mass is 16.5. The summed E-state index contributed by atoms with van der Waals surface area (Å²) < 4.78 is 5.31. The zero-order chi connectivity index (χ0) is 16.4. The topological polar surface area (TPSA) is 53.2 Å². The zero-order valence-electron chi connectivity index (χ0n) is 13.9. The van der Waals surface area contributed by atoms with Crippen molar-refractivity contribution >= 4 is 16.7 Å². The van der Waals surface area contributed by atoms with Gasteiger partial charge in [0, 0.05) is 30.5 Å². The average Bonchev–Trinajstić information content (AvgIpc) is 2.86. The van der Waals surface area contributed by atoms with E-state index in [1.165, 1.54) is 0 Å². The summed E-state index contributed by atoms with van der Waals surface area (Å²) in [4.78, 5) is 10.7. The van der Waals surface area contributed by atoms with Gasteiger partial charge in [-0.3, -0.25) is 0 Å². The SMILES string of the molecule is COc1ccc2[nH]c(-c3cccc(N4CCCNCC4)n3)cc2c1. The fourth-order valence-electron chi connectivity index (χ4n) is 3.20. The van der Waals surface area contributed by atoms with Gasteiger partial charge in [0.05, 0.1) is 18.5 Å². The molecular formula is C19H22N4O. The maximum absolute atomic E-state index is 5.31. The van der Waals surface area contributed by atoms with Crippen LogP contribution in [-0.2, 0) is 0 Å². The van der Waals surface area contributed by atoms with Crippen LogP contribution in [0.15, 0.2) is 42.5 Å². The zero-order valence-corrected chi connectivity index (χ0v) is 13.9. The molecule has 0 bridgehead atoms. The molecule has 0 unspecified atom stereocenters. The number of fused-ring (bicyclic) bond motifs is 1. The van der Waals surface area contributed by atoms with E-state index >= 15 is 0 Å². The number of H-pyrrole nitrogens is 1. The normalized spacial score (nSPS) is 15.5. The van der Waals surface area contributed by atoms with Crippen LogP contribution >= 0.6 is 0 Å². The Morgan fingerprint density at radius 2 is 2.04 bits per heavy atom. The molecule has 2 aromatic heterocycles. The second-order valence-corrected chi connectivity index (χ2v) is 6.11. The number of nitrogens with zero attached hydrogens (tertiary/aromatic N) is 2. The molecule has 0 radical (unpaired) electrons. The highest BCUT2D eigenvalue weighted by Crippen LogP contribution is 2.27. The molecule has 0 atom stereocenters. The molecule has 1 aliphatic rings. The quantitative estimate of drug-likeness (QED) is 0.778. The fourth-order valence-corrected chi connectivity index (χ4v) is 3.20. The Morgan fingerprint density at radius 3 is 2.96 bits per heavy atom. The minimum absolute atomic E-state index is 0.867. The van der Waals surface area contributed by atoms with E-state index in [9.17, 15) is 0 Å². The maximum Gasteiger partial charge on any atom is 0.129 e. The monoisotopic (exact) mass is 322 g/mol. The van der Waals surface area contributed by atoms with Crippen LogP contribution in [-0.4, -0.2) is 43.3 Å². The third-order valence-electron chi connectivity index (χ3n) is 4.50. The smallest absolute Gasteiger partial charge is 0.129 e. The molecule has 0 spiro atoms. The average molecular weight is 322 g/mol. The molecule has 1 aliphatic heterocycles. The van der Waals surface area contributed by atoms with Crippen LogP contribution in [0.4, 0.5) is 5.82 Å². The molecule has 1 fully saturated rings. The molecule has 0 aliphatic carbocycles. The van der Waals surface area contributed by atoms with E-state index in [1.54, 1.807) is 7.11 Å². The van der Waals surface area contributed by atoms with Gasteiger partial charge in [-0.05, 0) is 49.4 Å². The summed E-state index contributed by atoms with van der Waals surface area (Å²) in [6.07, 6.45) is 1.15. The van der Waals surface area contributed by atoms with E-state index in [0.29, 0.717) is 0 Å². The molecule has 4 rings (SSSR count). The first-order valence-corrected chi connectivity index (χ1v) is 8.43. The van der Waals surface area contributed by atoms with Crippen molar-refractivity contribution < 1.29 is 4.74 Å². The van der Waals surface area contributed by atoms with Gasteiger partial charge in [-0.2, -0.15) is 0 Å². The van der Waals surface area contributed by atoms with Gasteiger partial charge in [0.15, 0.2) is 0 Å². The minimum atomic E-state index is 0.867. The van der Waals surface area contributed by atoms with Crippen molar-refractivity contribution in [3.05, 3.63) is 42.5 Å². The Hall–Kier alpha value is -2.53. The fraction of sp³-hybridized carbons (Fsp3) is 0.316. The lowest BCUT2D eigenvalue weighted by molar-refractivity contribution is 0.415. The number of ether oxygens (including phenoxy) is 1. The lowest BCUT2D eigenvalue weighted by Gasteiger charge is -2.21. The van der Waals surface area contributed by atoms with Gasteiger partial charge >= 0.3 is 0 Å². The Kier molecular flexibility index (Phi) is 4.09. The van der Waals surface area contributed by atoms with Crippen LogP contribution in [0, 0.1) is 0 Å². The van der Waals surface area contributed by atoms with Crippen LogP contribution in [0.5, 0.6) is 5.75 Å². The Morgan fingerprint density at radius 1 is 1.08 bits per heavy atom. The second-order valence-electron chi connectivity index (χ2n) is 6.11. The Labute approximate surface area is 141 Å². The van der Waals surface area contributed by atoms with Crippen molar-refractivity contribution in [1.82, 2.24) is 15.3 Å². The molecular weight excluding hydrogens is 300 g/mol. The molecule has 0 amide bonds. The van der Waals surface area contributed by atoms with Crippen molar-refractivity contribution in [2.24, 2.45) is 0 Å². The summed E-state index contributed by atoms with van der Waals surface area (Å²) in [5.41, 5.74) is 3.10. The van der Waals surface area contributed by atoms with Gasteiger partial charge in [-0.15, -0.1) is 0 Å². The molecule has 0 saturated carbocycles. The van der Waals surface area contributed by atoms with Gasteiger partial charge in [-0.25, -0.2) is 4.98 Å². The van der Waals surface area contributed by atoms with E-state index in [2.05, 4.69) is 39.5 Å². The predicted molar refractivity (Wildman–Crippen MR) is 97.8 cm³/mol. The summed E-state index contributed by atoms with van der Waals surface area (Å²) in [5.74, 6) is 1.92. The lowest BCUT2D eigenvalue weighted by Crippen LogP contribution is -2.28. The van der Waals surface area contributed by atoms with Gasteiger partial charge < -0.3 is 19.9 Å². The van der Waals surface area contributed by atoms with Crippen LogP contribution in [0.2, 0.25) is 0 Å². The number of anilines is 1. The third kappa shape index (κ3) is 2.95. The van der Waals surface area contributed by atoms with E-state index in [0.717, 1.165) is 66.5 Å². The molecule has 24 heavy (non-hydrogen) atoms. The summed E-state index contributed by atoms with van der Waals surface area (Å²) in [6.45, 7) is 4.14. The Bertz CT molecular complexity index is 834. The van der Waals surface area contributed by atoms with E-state index in [4.69, 9.17) is 9.72 Å². The van der Waals surface area contributed by atoms with Crippen LogP contribution in [0.25, 0.3) is 22.3 Å². The molecule has 3 aromatic rings. The van der Waals surface area contributed by atoms with Crippen molar-refractivity contribution in [3.8, 4) is 17.1 Å². The number of aromatic nitrogens is 2. The van der Waals surface area contributed by atoms with Gasteiger partial charge in [0.2, 0.25) is 0 Å². The lowest BCUT2D eigenvalue weighted by atomic mass is 10.2. The maximum atomic E-state index is 5.31. The molecule has 2 N–H and O–H groups in total. The van der Waals surface area contributed by atoms with E-state index < -0.39 is 0 Å². The number of hydrogen-bond acceptors (Lipinski definition) is 4. The molecule has 3 heterocycles. The second kappa shape index (κ2) is 6.53. The highest BCUT2D eigenvalue weighted by Gasteiger charge is 2.12. The van der Waals surface area contributed by atoms with Crippen LogP contribution in [0.3, 0.4) is 0 Å². The van der Waals surface area contributed by atoms with E-state index in [1.807, 2.05) is 18.2 Å². The first-order valence-electron chi connectivity index (χ1n) is 8.43. The number of nitrogens with one attached hydrogen (secondary N) is 2. The standard InChI is InChI=1S/C19H22N4O/c1-24-15-6-7-16-14(12-15)13-18(21-16)17-4-2-5-19(22-17)23-10-3-8-20-9-11-23/h2,4-7,12-13,20-21H,3,8-11H2,1H3. The molecule has 1 aromatic carbocycles. The van der Waals surface area contributed by atoms with Crippen LogP contribution < -0.4 is 15.0 Å². The summed E-state index contributed by atoms with van der Waals surface area (Å²) in [5, 5.41) is 4.57.